The Balaban J connectivity index is 1.34. The maximum Gasteiger partial charge on any atom is 0.159 e. The van der Waals surface area contributed by atoms with Crippen molar-refractivity contribution in [2.75, 3.05) is 6.54 Å². The Labute approximate surface area is 169 Å². The van der Waals surface area contributed by atoms with Crippen molar-refractivity contribution in [1.82, 2.24) is 30.0 Å². The van der Waals surface area contributed by atoms with E-state index in [-0.39, 0.29) is 0 Å². The number of fused-ring (bicyclic) bond motifs is 1. The minimum atomic E-state index is 0.774. The van der Waals surface area contributed by atoms with Crippen LogP contribution in [0.4, 0.5) is 0 Å². The minimum Gasteiger partial charge on any atom is -0.294 e. The molecular formula is C23H22N6. The number of H-pyrrole nitrogens is 1. The first-order chi connectivity index (χ1) is 14.3. The fourth-order valence-corrected chi connectivity index (χ4v) is 3.79. The van der Waals surface area contributed by atoms with Crippen LogP contribution in [0.25, 0.3) is 22.6 Å². The number of hydrogen-bond acceptors (Lipinski definition) is 5. The molecule has 5 rings (SSSR count). The second-order valence-corrected chi connectivity index (χ2v) is 7.50. The summed E-state index contributed by atoms with van der Waals surface area (Å²) >= 11 is 0. The van der Waals surface area contributed by atoms with E-state index in [1.165, 1.54) is 22.3 Å². The van der Waals surface area contributed by atoms with Crippen LogP contribution in [-0.2, 0) is 19.5 Å². The van der Waals surface area contributed by atoms with Crippen LogP contribution in [0.15, 0.2) is 61.2 Å². The monoisotopic (exact) mass is 382 g/mol. The highest BCUT2D eigenvalue weighted by molar-refractivity contribution is 5.62. The lowest BCUT2D eigenvalue weighted by Gasteiger charge is -2.28. The first-order valence-corrected chi connectivity index (χ1v) is 9.83. The number of rotatable bonds is 4. The van der Waals surface area contributed by atoms with Gasteiger partial charge in [0.1, 0.15) is 0 Å². The van der Waals surface area contributed by atoms with E-state index in [0.29, 0.717) is 0 Å². The van der Waals surface area contributed by atoms with Gasteiger partial charge >= 0.3 is 0 Å². The molecule has 29 heavy (non-hydrogen) atoms. The van der Waals surface area contributed by atoms with Gasteiger partial charge in [0, 0.05) is 61.3 Å². The summed E-state index contributed by atoms with van der Waals surface area (Å²) in [7, 11) is 0. The van der Waals surface area contributed by atoms with Crippen molar-refractivity contribution < 1.29 is 0 Å². The summed E-state index contributed by atoms with van der Waals surface area (Å²) < 4.78 is 0. The predicted octanol–water partition coefficient (Wildman–Crippen LogP) is 3.80. The first-order valence-electron chi connectivity index (χ1n) is 9.83. The summed E-state index contributed by atoms with van der Waals surface area (Å²) in [6.07, 6.45) is 8.38. The third-order valence-corrected chi connectivity index (χ3v) is 5.40. The number of pyridine rings is 1. The van der Waals surface area contributed by atoms with Crippen molar-refractivity contribution in [1.29, 1.82) is 0 Å². The Hall–Kier alpha value is -3.38. The molecule has 0 amide bonds. The zero-order valence-electron chi connectivity index (χ0n) is 16.3. The van der Waals surface area contributed by atoms with Crippen molar-refractivity contribution in [2.45, 2.75) is 26.4 Å². The number of nitrogens with one attached hydrogen (secondary N) is 1. The van der Waals surface area contributed by atoms with Crippen molar-refractivity contribution in [3.05, 3.63) is 83.6 Å². The van der Waals surface area contributed by atoms with Gasteiger partial charge < -0.3 is 0 Å². The maximum absolute atomic E-state index is 4.80. The third-order valence-electron chi connectivity index (χ3n) is 5.40. The molecule has 1 aliphatic rings. The Bertz CT molecular complexity index is 1120. The molecule has 0 atom stereocenters. The topological polar surface area (TPSA) is 70.6 Å². The van der Waals surface area contributed by atoms with Crippen molar-refractivity contribution in [3.8, 4) is 22.6 Å². The first kappa shape index (κ1) is 17.7. The molecule has 0 aliphatic carbocycles. The second-order valence-electron chi connectivity index (χ2n) is 7.50. The van der Waals surface area contributed by atoms with Gasteiger partial charge in [0.05, 0.1) is 17.6 Å². The summed E-state index contributed by atoms with van der Waals surface area (Å²) in [6, 6.07) is 12.5. The van der Waals surface area contributed by atoms with Crippen LogP contribution >= 0.6 is 0 Å². The van der Waals surface area contributed by atoms with E-state index in [9.17, 15) is 0 Å². The van der Waals surface area contributed by atoms with Crippen LogP contribution < -0.4 is 0 Å². The number of nitrogens with zero attached hydrogens (tertiary/aromatic N) is 5. The molecule has 0 spiro atoms. The smallest absolute Gasteiger partial charge is 0.159 e. The van der Waals surface area contributed by atoms with Gasteiger partial charge in [0.2, 0.25) is 0 Å². The van der Waals surface area contributed by atoms with Gasteiger partial charge in [-0.3, -0.25) is 15.0 Å². The zero-order chi connectivity index (χ0) is 19.6. The molecule has 1 aromatic carbocycles. The highest BCUT2D eigenvalue weighted by Gasteiger charge is 2.20. The van der Waals surface area contributed by atoms with E-state index in [2.05, 4.69) is 56.3 Å². The number of aromatic nitrogens is 5. The molecule has 3 aromatic heterocycles. The van der Waals surface area contributed by atoms with Gasteiger partial charge in [0.25, 0.3) is 0 Å². The molecule has 0 unspecified atom stereocenters. The highest BCUT2D eigenvalue weighted by Crippen LogP contribution is 2.26. The molecule has 0 radical (unpaired) electrons. The molecule has 6 nitrogen and oxygen atoms in total. The van der Waals surface area contributed by atoms with Crippen LogP contribution in [0, 0.1) is 6.92 Å². The second kappa shape index (κ2) is 7.56. The summed E-state index contributed by atoms with van der Waals surface area (Å²) in [6.45, 7) is 4.78. The molecule has 144 valence electrons. The molecule has 0 bridgehead atoms. The van der Waals surface area contributed by atoms with E-state index in [0.717, 1.165) is 48.8 Å². The van der Waals surface area contributed by atoms with Crippen LogP contribution in [0.3, 0.4) is 0 Å². The number of aromatic amines is 1. The van der Waals surface area contributed by atoms with Crippen molar-refractivity contribution >= 4 is 0 Å². The lowest BCUT2D eigenvalue weighted by atomic mass is 10.0. The lowest BCUT2D eigenvalue weighted by Crippen LogP contribution is -2.31. The molecule has 1 N–H and O–H groups in total. The van der Waals surface area contributed by atoms with Gasteiger partial charge in [-0.2, -0.15) is 5.10 Å². The molecule has 0 fully saturated rings. The van der Waals surface area contributed by atoms with Gasteiger partial charge in [-0.25, -0.2) is 9.97 Å². The van der Waals surface area contributed by atoms with Gasteiger partial charge in [-0.05, 0) is 24.6 Å². The Kier molecular flexibility index (Phi) is 4.62. The summed E-state index contributed by atoms with van der Waals surface area (Å²) in [4.78, 5) is 15.9. The predicted molar refractivity (Wildman–Crippen MR) is 112 cm³/mol. The SMILES string of the molecule is Cc1ccc(-c2[nH]ncc2CN2CCc3nc(-c4ccncc4)ncc3C2)cc1. The normalized spacial score (nSPS) is 14.0. The van der Waals surface area contributed by atoms with Crippen molar-refractivity contribution in [3.63, 3.8) is 0 Å². The number of hydrogen-bond donors (Lipinski definition) is 1. The largest absolute Gasteiger partial charge is 0.294 e. The summed E-state index contributed by atoms with van der Waals surface area (Å²) in [5.74, 6) is 0.774. The molecule has 1 aliphatic heterocycles. The standard InChI is InChI=1S/C23H22N6/c1-16-2-4-17(5-3-16)22-20(13-26-28-22)15-29-11-8-21-19(14-29)12-25-23(27-21)18-6-9-24-10-7-18/h2-7,9-10,12-13H,8,11,14-15H2,1H3,(H,26,28). The average Bonchev–Trinajstić information content (AvgIpc) is 3.22. The van der Waals surface area contributed by atoms with Crippen molar-refractivity contribution in [2.24, 2.45) is 0 Å². The molecule has 0 saturated heterocycles. The summed E-state index contributed by atoms with van der Waals surface area (Å²) in [5, 5.41) is 7.46. The minimum absolute atomic E-state index is 0.774. The molecule has 4 aromatic rings. The van der Waals surface area contributed by atoms with E-state index in [1.54, 1.807) is 12.4 Å². The number of aryl methyl sites for hydroxylation is 1. The third kappa shape index (κ3) is 3.67. The van der Waals surface area contributed by atoms with Gasteiger partial charge in [0.15, 0.2) is 5.82 Å². The Morgan fingerprint density at radius 1 is 1.00 bits per heavy atom. The Morgan fingerprint density at radius 3 is 2.66 bits per heavy atom. The van der Waals surface area contributed by atoms with Gasteiger partial charge in [-0.15, -0.1) is 0 Å². The van der Waals surface area contributed by atoms with E-state index < -0.39 is 0 Å². The fourth-order valence-electron chi connectivity index (χ4n) is 3.79. The molecule has 6 heteroatoms. The molecular weight excluding hydrogens is 360 g/mol. The molecule has 0 saturated carbocycles. The lowest BCUT2D eigenvalue weighted by molar-refractivity contribution is 0.243. The quantitative estimate of drug-likeness (QED) is 0.581. The van der Waals surface area contributed by atoms with Gasteiger partial charge in [-0.1, -0.05) is 29.8 Å². The summed E-state index contributed by atoms with van der Waals surface area (Å²) in [5.41, 5.74) is 8.10. The van der Waals surface area contributed by atoms with Crippen LogP contribution in [0.1, 0.15) is 22.4 Å². The highest BCUT2D eigenvalue weighted by atomic mass is 15.2. The Morgan fingerprint density at radius 2 is 1.83 bits per heavy atom. The van der Waals surface area contributed by atoms with E-state index >= 15 is 0 Å². The zero-order valence-corrected chi connectivity index (χ0v) is 16.3. The maximum atomic E-state index is 4.80. The number of benzene rings is 1. The van der Waals surface area contributed by atoms with Crippen LogP contribution in [0.5, 0.6) is 0 Å². The van der Waals surface area contributed by atoms with E-state index in [4.69, 9.17) is 4.98 Å². The van der Waals surface area contributed by atoms with Crippen LogP contribution in [0.2, 0.25) is 0 Å². The molecule has 4 heterocycles. The van der Waals surface area contributed by atoms with E-state index in [1.807, 2.05) is 24.5 Å². The average molecular weight is 382 g/mol. The van der Waals surface area contributed by atoms with Crippen LogP contribution in [-0.4, -0.2) is 36.6 Å². The fraction of sp³-hybridized carbons (Fsp3) is 0.217.